The maximum absolute atomic E-state index is 13.5. The molecule has 0 bridgehead atoms. The highest BCUT2D eigenvalue weighted by molar-refractivity contribution is 5.94. The monoisotopic (exact) mass is 345 g/mol. The van der Waals surface area contributed by atoms with E-state index in [0.717, 1.165) is 30.3 Å². The van der Waals surface area contributed by atoms with Gasteiger partial charge in [0.25, 0.3) is 5.91 Å². The average Bonchev–Trinajstić information content (AvgIpc) is 2.52. The topological polar surface area (TPSA) is 49.3 Å². The molecule has 1 amide bonds. The summed E-state index contributed by atoms with van der Waals surface area (Å²) in [6.45, 7) is -1.30. The van der Waals surface area contributed by atoms with Gasteiger partial charge in [-0.3, -0.25) is 4.79 Å². The fourth-order valence-electron chi connectivity index (χ4n) is 2.09. The molecule has 0 aliphatic carbocycles. The fraction of sp³-hybridized carbons (Fsp3) is 0.188. The number of benzene rings is 2. The molecule has 0 saturated carbocycles. The van der Waals surface area contributed by atoms with Crippen LogP contribution < -0.4 is 5.32 Å². The van der Waals surface area contributed by atoms with Gasteiger partial charge in [0.2, 0.25) is 5.60 Å². The standard InChI is InChI=1S/C16H12F5NO2/c17-11-7-4-8-12(18)13(11)14(23)22-9-15(24,16(19,20)21)10-5-2-1-3-6-10/h1-8,24H,9H2,(H,22,23)/t15-/m1/s1. The van der Waals surface area contributed by atoms with Crippen LogP contribution >= 0.6 is 0 Å². The Hall–Kier alpha value is -2.48. The Bertz CT molecular complexity index is 713. The second kappa shape index (κ2) is 6.56. The van der Waals surface area contributed by atoms with Crippen LogP contribution in [0, 0.1) is 11.6 Å². The Morgan fingerprint density at radius 2 is 1.50 bits per heavy atom. The van der Waals surface area contributed by atoms with E-state index in [4.69, 9.17) is 0 Å². The largest absolute Gasteiger partial charge is 0.423 e. The molecule has 0 heterocycles. The van der Waals surface area contributed by atoms with Crippen molar-refractivity contribution in [3.8, 4) is 0 Å². The number of carbonyl (C=O) groups excluding carboxylic acids is 1. The van der Waals surface area contributed by atoms with Gasteiger partial charge in [-0.25, -0.2) is 8.78 Å². The van der Waals surface area contributed by atoms with Gasteiger partial charge in [-0.15, -0.1) is 0 Å². The van der Waals surface area contributed by atoms with Crippen molar-refractivity contribution in [2.45, 2.75) is 11.8 Å². The summed E-state index contributed by atoms with van der Waals surface area (Å²) in [5.41, 5.74) is -4.92. The first-order valence-corrected chi connectivity index (χ1v) is 6.73. The maximum atomic E-state index is 13.5. The second-order valence-electron chi connectivity index (χ2n) is 5.00. The Morgan fingerprint density at radius 3 is 2.00 bits per heavy atom. The third kappa shape index (κ3) is 3.38. The average molecular weight is 345 g/mol. The highest BCUT2D eigenvalue weighted by Gasteiger charge is 2.55. The van der Waals surface area contributed by atoms with E-state index >= 15 is 0 Å². The molecular formula is C16H12F5NO2. The number of hydrogen-bond donors (Lipinski definition) is 2. The van der Waals surface area contributed by atoms with Gasteiger partial charge < -0.3 is 10.4 Å². The van der Waals surface area contributed by atoms with Crippen molar-refractivity contribution in [2.24, 2.45) is 0 Å². The number of halogens is 5. The van der Waals surface area contributed by atoms with Crippen LogP contribution in [0.25, 0.3) is 0 Å². The van der Waals surface area contributed by atoms with E-state index in [-0.39, 0.29) is 0 Å². The molecule has 128 valence electrons. The van der Waals surface area contributed by atoms with Crippen molar-refractivity contribution in [3.63, 3.8) is 0 Å². The zero-order valence-corrected chi connectivity index (χ0v) is 12.1. The van der Waals surface area contributed by atoms with Gasteiger partial charge in [0.1, 0.15) is 17.2 Å². The number of amides is 1. The Labute approximate surface area is 133 Å². The predicted molar refractivity (Wildman–Crippen MR) is 75.1 cm³/mol. The maximum Gasteiger partial charge on any atom is 0.423 e. The van der Waals surface area contributed by atoms with Gasteiger partial charge in [-0.1, -0.05) is 36.4 Å². The molecule has 3 nitrogen and oxygen atoms in total. The SMILES string of the molecule is O=C(NC[C@@](O)(c1ccccc1)C(F)(F)F)c1c(F)cccc1F. The summed E-state index contributed by atoms with van der Waals surface area (Å²) in [6.07, 6.45) is -5.12. The molecule has 0 aromatic heterocycles. The lowest BCUT2D eigenvalue weighted by molar-refractivity contribution is -0.263. The quantitative estimate of drug-likeness (QED) is 0.837. The smallest absolute Gasteiger partial charge is 0.375 e. The molecule has 0 saturated heterocycles. The van der Waals surface area contributed by atoms with E-state index < -0.39 is 47.0 Å². The Kier molecular flexibility index (Phi) is 4.88. The minimum Gasteiger partial charge on any atom is -0.375 e. The number of carbonyl (C=O) groups is 1. The summed E-state index contributed by atoms with van der Waals surface area (Å²) in [7, 11) is 0. The lowest BCUT2D eigenvalue weighted by atomic mass is 9.93. The van der Waals surface area contributed by atoms with E-state index in [1.54, 1.807) is 5.32 Å². The molecule has 0 aliphatic heterocycles. The molecule has 2 aromatic rings. The first-order valence-electron chi connectivity index (χ1n) is 6.73. The third-order valence-corrected chi connectivity index (χ3v) is 3.41. The highest BCUT2D eigenvalue weighted by Crippen LogP contribution is 2.38. The van der Waals surface area contributed by atoms with Crippen LogP contribution in [0.1, 0.15) is 15.9 Å². The van der Waals surface area contributed by atoms with E-state index in [9.17, 15) is 31.9 Å². The minimum atomic E-state index is -5.12. The number of alkyl halides is 3. The summed E-state index contributed by atoms with van der Waals surface area (Å²) in [6, 6.07) is 8.68. The molecule has 1 atom stereocenters. The summed E-state index contributed by atoms with van der Waals surface area (Å²) in [4.78, 5) is 11.8. The van der Waals surface area contributed by atoms with Crippen molar-refractivity contribution >= 4 is 5.91 Å². The summed E-state index contributed by atoms with van der Waals surface area (Å²) in [5, 5.41) is 11.8. The van der Waals surface area contributed by atoms with Crippen LogP contribution in [0.5, 0.6) is 0 Å². The predicted octanol–water partition coefficient (Wildman–Crippen LogP) is 3.14. The Morgan fingerprint density at radius 1 is 0.958 bits per heavy atom. The molecule has 0 aliphatic rings. The van der Waals surface area contributed by atoms with Crippen molar-refractivity contribution < 1.29 is 31.9 Å². The fourth-order valence-corrected chi connectivity index (χ4v) is 2.09. The second-order valence-corrected chi connectivity index (χ2v) is 5.00. The van der Waals surface area contributed by atoms with Crippen LogP contribution in [-0.4, -0.2) is 23.7 Å². The zero-order chi connectivity index (χ0) is 18.0. The van der Waals surface area contributed by atoms with Gasteiger partial charge in [-0.2, -0.15) is 13.2 Å². The van der Waals surface area contributed by atoms with Crippen LogP contribution in [0.3, 0.4) is 0 Å². The summed E-state index contributed by atoms with van der Waals surface area (Å²) in [5.74, 6) is -3.84. The number of nitrogens with one attached hydrogen (secondary N) is 1. The normalized spacial score (nSPS) is 14.1. The molecule has 0 spiro atoms. The molecule has 0 radical (unpaired) electrons. The van der Waals surface area contributed by atoms with Gasteiger partial charge in [0.15, 0.2) is 0 Å². The van der Waals surface area contributed by atoms with Crippen LogP contribution in [0.15, 0.2) is 48.5 Å². The van der Waals surface area contributed by atoms with E-state index in [1.807, 2.05) is 0 Å². The third-order valence-electron chi connectivity index (χ3n) is 3.41. The van der Waals surface area contributed by atoms with Crippen molar-refractivity contribution in [2.75, 3.05) is 6.54 Å². The highest BCUT2D eigenvalue weighted by atomic mass is 19.4. The molecule has 24 heavy (non-hydrogen) atoms. The van der Waals surface area contributed by atoms with Crippen LogP contribution in [-0.2, 0) is 5.60 Å². The lowest BCUT2D eigenvalue weighted by Crippen LogP contribution is -2.51. The van der Waals surface area contributed by atoms with Crippen LogP contribution in [0.4, 0.5) is 22.0 Å². The molecule has 8 heteroatoms. The number of hydrogen-bond acceptors (Lipinski definition) is 2. The zero-order valence-electron chi connectivity index (χ0n) is 12.1. The van der Waals surface area contributed by atoms with Crippen molar-refractivity contribution in [1.82, 2.24) is 5.32 Å². The minimum absolute atomic E-state index is 0.508. The molecule has 0 fully saturated rings. The lowest BCUT2D eigenvalue weighted by Gasteiger charge is -2.31. The van der Waals surface area contributed by atoms with Gasteiger partial charge in [0.05, 0.1) is 6.54 Å². The van der Waals surface area contributed by atoms with Gasteiger partial charge >= 0.3 is 6.18 Å². The van der Waals surface area contributed by atoms with E-state index in [1.165, 1.54) is 18.2 Å². The van der Waals surface area contributed by atoms with E-state index in [0.29, 0.717) is 0 Å². The number of aliphatic hydroxyl groups is 1. The van der Waals surface area contributed by atoms with Gasteiger partial charge in [-0.05, 0) is 17.7 Å². The first-order chi connectivity index (χ1) is 11.2. The van der Waals surface area contributed by atoms with Crippen LogP contribution in [0.2, 0.25) is 0 Å². The number of rotatable bonds is 4. The molecule has 0 unspecified atom stereocenters. The molecular weight excluding hydrogens is 333 g/mol. The van der Waals surface area contributed by atoms with E-state index in [2.05, 4.69) is 0 Å². The molecule has 2 N–H and O–H groups in total. The van der Waals surface area contributed by atoms with Crippen molar-refractivity contribution in [3.05, 3.63) is 71.3 Å². The first kappa shape index (κ1) is 17.9. The summed E-state index contributed by atoms with van der Waals surface area (Å²) >= 11 is 0. The summed E-state index contributed by atoms with van der Waals surface area (Å²) < 4.78 is 66.7. The molecule has 2 aromatic carbocycles. The Balaban J connectivity index is 2.28. The molecule has 2 rings (SSSR count). The van der Waals surface area contributed by atoms with Gasteiger partial charge in [0, 0.05) is 0 Å². The van der Waals surface area contributed by atoms with Crippen molar-refractivity contribution in [1.29, 1.82) is 0 Å².